The molecule has 4 heterocycles. The third-order valence-corrected chi connectivity index (χ3v) is 6.68. The number of fused-ring (bicyclic) bond motifs is 2. The summed E-state index contributed by atoms with van der Waals surface area (Å²) in [5.41, 5.74) is 2.66. The number of rotatable bonds is 3. The van der Waals surface area contributed by atoms with Crippen molar-refractivity contribution in [2.45, 2.75) is 49.5 Å². The van der Waals surface area contributed by atoms with Crippen molar-refractivity contribution < 1.29 is 15.0 Å². The van der Waals surface area contributed by atoms with Crippen LogP contribution in [0.3, 0.4) is 0 Å². The molecule has 0 spiro atoms. The van der Waals surface area contributed by atoms with Crippen molar-refractivity contribution in [3.05, 3.63) is 72.3 Å². The molecule has 7 heteroatoms. The predicted molar refractivity (Wildman–Crippen MR) is 111 cm³/mol. The SMILES string of the molecule is O=C(O)C1(c2ccc3ccnn3c2)CCC1.OC1(c2ccc3ccnn3c2)CCC1. The van der Waals surface area contributed by atoms with E-state index in [-0.39, 0.29) is 0 Å². The molecule has 2 fully saturated rings. The van der Waals surface area contributed by atoms with E-state index in [1.807, 2.05) is 53.3 Å². The minimum absolute atomic E-state index is 0.583. The summed E-state index contributed by atoms with van der Waals surface area (Å²) in [6.07, 6.45) is 12.6. The van der Waals surface area contributed by atoms with E-state index in [1.54, 1.807) is 16.9 Å². The van der Waals surface area contributed by atoms with Crippen molar-refractivity contribution in [3.8, 4) is 0 Å². The van der Waals surface area contributed by atoms with Crippen LogP contribution < -0.4 is 0 Å². The minimum Gasteiger partial charge on any atom is -0.481 e. The molecular weight excluding hydrogens is 380 g/mol. The van der Waals surface area contributed by atoms with Crippen LogP contribution in [0.15, 0.2) is 61.2 Å². The van der Waals surface area contributed by atoms with Crippen LogP contribution in [0.5, 0.6) is 0 Å². The molecule has 30 heavy (non-hydrogen) atoms. The van der Waals surface area contributed by atoms with E-state index < -0.39 is 17.0 Å². The number of hydrogen-bond donors (Lipinski definition) is 2. The molecule has 2 saturated carbocycles. The molecule has 7 nitrogen and oxygen atoms in total. The van der Waals surface area contributed by atoms with Gasteiger partial charge in [0.25, 0.3) is 0 Å². The summed E-state index contributed by atoms with van der Waals surface area (Å²) < 4.78 is 3.55. The summed E-state index contributed by atoms with van der Waals surface area (Å²) in [4.78, 5) is 11.3. The van der Waals surface area contributed by atoms with Gasteiger partial charge in [-0.25, -0.2) is 9.03 Å². The second-order valence-electron chi connectivity index (χ2n) is 8.36. The van der Waals surface area contributed by atoms with Gasteiger partial charge in [-0.1, -0.05) is 18.6 Å². The fourth-order valence-corrected chi connectivity index (χ4v) is 4.34. The van der Waals surface area contributed by atoms with E-state index in [1.165, 1.54) is 0 Å². The maximum absolute atomic E-state index is 11.3. The van der Waals surface area contributed by atoms with E-state index in [4.69, 9.17) is 0 Å². The Morgan fingerprint density at radius 1 is 0.800 bits per heavy atom. The van der Waals surface area contributed by atoms with Crippen LogP contribution >= 0.6 is 0 Å². The van der Waals surface area contributed by atoms with Gasteiger partial charge in [0.05, 0.1) is 22.0 Å². The lowest BCUT2D eigenvalue weighted by Gasteiger charge is -2.37. The smallest absolute Gasteiger partial charge is 0.314 e. The third-order valence-electron chi connectivity index (χ3n) is 6.68. The van der Waals surface area contributed by atoms with Crippen LogP contribution in [-0.4, -0.2) is 35.4 Å². The monoisotopic (exact) mass is 404 g/mol. The Morgan fingerprint density at radius 2 is 1.33 bits per heavy atom. The zero-order valence-corrected chi connectivity index (χ0v) is 16.6. The molecule has 2 aliphatic carbocycles. The molecule has 0 atom stereocenters. The summed E-state index contributed by atoms with van der Waals surface area (Å²) >= 11 is 0. The number of carboxylic acid groups (broad SMARTS) is 1. The number of aromatic nitrogens is 4. The first-order valence-corrected chi connectivity index (χ1v) is 10.3. The van der Waals surface area contributed by atoms with Gasteiger partial charge in [0.1, 0.15) is 0 Å². The van der Waals surface area contributed by atoms with Crippen LogP contribution in [0.4, 0.5) is 0 Å². The fourth-order valence-electron chi connectivity index (χ4n) is 4.34. The average molecular weight is 404 g/mol. The number of pyridine rings is 2. The van der Waals surface area contributed by atoms with Gasteiger partial charge in [0, 0.05) is 30.4 Å². The summed E-state index contributed by atoms with van der Waals surface area (Å²) in [7, 11) is 0. The lowest BCUT2D eigenvalue weighted by atomic mass is 9.65. The highest BCUT2D eigenvalue weighted by molar-refractivity contribution is 5.82. The Kier molecular flexibility index (Phi) is 4.36. The first kappa shape index (κ1) is 18.8. The van der Waals surface area contributed by atoms with Crippen molar-refractivity contribution in [3.63, 3.8) is 0 Å². The second-order valence-corrected chi connectivity index (χ2v) is 8.36. The molecule has 0 aliphatic heterocycles. The third kappa shape index (κ3) is 2.97. The maximum atomic E-state index is 11.3. The summed E-state index contributed by atoms with van der Waals surface area (Å²) in [6.45, 7) is 0. The Balaban J connectivity index is 0.000000130. The Bertz CT molecular complexity index is 1220. The number of carboxylic acids is 1. The van der Waals surface area contributed by atoms with E-state index in [0.29, 0.717) is 0 Å². The van der Waals surface area contributed by atoms with Crippen molar-refractivity contribution in [1.82, 2.24) is 19.2 Å². The summed E-state index contributed by atoms with van der Waals surface area (Å²) in [6, 6.07) is 11.7. The van der Waals surface area contributed by atoms with Gasteiger partial charge in [-0.3, -0.25) is 4.79 Å². The van der Waals surface area contributed by atoms with Gasteiger partial charge in [-0.05, 0) is 61.9 Å². The topological polar surface area (TPSA) is 92.1 Å². The number of carbonyl (C=O) groups is 1. The highest BCUT2D eigenvalue weighted by Crippen LogP contribution is 2.44. The average Bonchev–Trinajstić information content (AvgIpc) is 3.33. The highest BCUT2D eigenvalue weighted by Gasteiger charge is 2.46. The Morgan fingerprint density at radius 3 is 1.80 bits per heavy atom. The molecule has 0 unspecified atom stereocenters. The molecule has 2 aliphatic rings. The number of nitrogens with zero attached hydrogens (tertiary/aromatic N) is 4. The second kappa shape index (κ2) is 6.95. The van der Waals surface area contributed by atoms with Crippen LogP contribution in [0.2, 0.25) is 0 Å². The van der Waals surface area contributed by atoms with E-state index in [9.17, 15) is 15.0 Å². The maximum Gasteiger partial charge on any atom is 0.314 e. The van der Waals surface area contributed by atoms with E-state index in [0.717, 1.165) is 60.7 Å². The normalized spacial score (nSPS) is 18.8. The molecular formula is C23H24N4O3. The van der Waals surface area contributed by atoms with Gasteiger partial charge >= 0.3 is 5.97 Å². The van der Waals surface area contributed by atoms with Crippen LogP contribution in [0.1, 0.15) is 49.7 Å². The number of aliphatic hydroxyl groups is 1. The molecule has 4 aromatic rings. The van der Waals surface area contributed by atoms with Crippen molar-refractivity contribution in [1.29, 1.82) is 0 Å². The largest absolute Gasteiger partial charge is 0.481 e. The van der Waals surface area contributed by atoms with Crippen molar-refractivity contribution >= 4 is 17.0 Å². The molecule has 0 amide bonds. The first-order valence-electron chi connectivity index (χ1n) is 10.3. The number of aliphatic carboxylic acids is 1. The molecule has 0 bridgehead atoms. The van der Waals surface area contributed by atoms with Gasteiger partial charge in [-0.15, -0.1) is 0 Å². The standard InChI is InChI=1S/C12H12N2O2.C11H12N2O/c15-11(16)12(5-1-6-12)9-2-3-10-4-7-13-14(10)8-9;14-11(5-1-6-11)9-2-3-10-4-7-12-13(10)8-9/h2-4,7-8H,1,5-6H2,(H,15,16);2-4,7-8,14H,1,5-6H2. The molecule has 0 radical (unpaired) electrons. The summed E-state index contributed by atoms with van der Waals surface area (Å²) in [5.74, 6) is -0.717. The molecule has 4 aromatic heterocycles. The lowest BCUT2D eigenvalue weighted by Crippen LogP contribution is -2.42. The van der Waals surface area contributed by atoms with Crippen LogP contribution in [-0.2, 0) is 15.8 Å². The van der Waals surface area contributed by atoms with Gasteiger partial charge in [0.15, 0.2) is 0 Å². The molecule has 6 rings (SSSR count). The highest BCUT2D eigenvalue weighted by atomic mass is 16.4. The predicted octanol–water partition coefficient (Wildman–Crippen LogP) is 3.55. The summed E-state index contributed by atoms with van der Waals surface area (Å²) in [5, 5.41) is 27.8. The zero-order chi connectivity index (χ0) is 20.8. The molecule has 0 saturated heterocycles. The van der Waals surface area contributed by atoms with Crippen molar-refractivity contribution in [2.24, 2.45) is 0 Å². The Hall–Kier alpha value is -3.19. The molecule has 0 aromatic carbocycles. The zero-order valence-electron chi connectivity index (χ0n) is 16.6. The number of hydrogen-bond acceptors (Lipinski definition) is 4. The minimum atomic E-state index is -0.717. The molecule has 154 valence electrons. The van der Waals surface area contributed by atoms with Crippen LogP contribution in [0, 0.1) is 0 Å². The first-order chi connectivity index (χ1) is 14.5. The van der Waals surface area contributed by atoms with Crippen LogP contribution in [0.25, 0.3) is 11.0 Å². The van der Waals surface area contributed by atoms with E-state index >= 15 is 0 Å². The molecule has 2 N–H and O–H groups in total. The van der Waals surface area contributed by atoms with E-state index in [2.05, 4.69) is 10.2 Å². The van der Waals surface area contributed by atoms with Gasteiger partial charge in [0.2, 0.25) is 0 Å². The quantitative estimate of drug-likeness (QED) is 0.545. The lowest BCUT2D eigenvalue weighted by molar-refractivity contribution is -0.147. The Labute approximate surface area is 173 Å². The van der Waals surface area contributed by atoms with Crippen molar-refractivity contribution in [2.75, 3.05) is 0 Å². The fraction of sp³-hybridized carbons (Fsp3) is 0.348. The van der Waals surface area contributed by atoms with Gasteiger partial charge < -0.3 is 10.2 Å². The van der Waals surface area contributed by atoms with Gasteiger partial charge in [-0.2, -0.15) is 10.2 Å².